The van der Waals surface area contributed by atoms with Crippen molar-refractivity contribution in [2.24, 2.45) is 0 Å². The molecule has 0 bridgehead atoms. The number of alkyl halides is 4. The quantitative estimate of drug-likeness (QED) is 0.678. The van der Waals surface area contributed by atoms with Crippen molar-refractivity contribution in [2.45, 2.75) is 32.2 Å². The molecule has 23 heavy (non-hydrogen) atoms. The van der Waals surface area contributed by atoms with Crippen LogP contribution in [0.2, 0.25) is 0 Å². The van der Waals surface area contributed by atoms with Gasteiger partial charge in [-0.2, -0.15) is 8.78 Å². The van der Waals surface area contributed by atoms with Crippen molar-refractivity contribution in [1.29, 1.82) is 0 Å². The second-order valence-electron chi connectivity index (χ2n) is 4.90. The van der Waals surface area contributed by atoms with Gasteiger partial charge in [-0.15, -0.1) is 0 Å². The highest BCUT2D eigenvalue weighted by molar-refractivity contribution is 5.93. The van der Waals surface area contributed by atoms with Gasteiger partial charge in [-0.25, -0.2) is 13.8 Å². The summed E-state index contributed by atoms with van der Waals surface area (Å²) >= 11 is 0. The molecule has 0 fully saturated rings. The summed E-state index contributed by atoms with van der Waals surface area (Å²) in [7, 11) is 0. The normalized spacial score (nSPS) is 13.0. The number of carbonyl (C=O) groups excluding carboxylic acids is 1. The zero-order valence-corrected chi connectivity index (χ0v) is 12.8. The van der Waals surface area contributed by atoms with Gasteiger partial charge in [0.05, 0.1) is 5.56 Å². The highest BCUT2D eigenvalue weighted by atomic mass is 19.3. The van der Waals surface area contributed by atoms with Gasteiger partial charge in [-0.1, -0.05) is 6.92 Å². The number of halogens is 4. The zero-order valence-electron chi connectivity index (χ0n) is 12.8. The molecule has 0 aromatic carbocycles. The number of aromatic nitrogens is 1. The van der Waals surface area contributed by atoms with E-state index in [0.717, 1.165) is 12.7 Å². The monoisotopic (exact) mass is 337 g/mol. The molecule has 5 nitrogen and oxygen atoms in total. The summed E-state index contributed by atoms with van der Waals surface area (Å²) in [6.45, 7) is 3.55. The third-order valence-corrected chi connectivity index (χ3v) is 2.85. The lowest BCUT2D eigenvalue weighted by molar-refractivity contribution is -0.148. The standard InChI is InChI=1S/C14H19F4N3O2/c1-3-19-9(2)6-21-12(22)10-4-5-11(20-7-10)23-8-14(17,18)13(15)16/h4-5,7,9,13,19H,3,6,8H2,1-2H3,(H,21,22)/t9-/m1/s1. The summed E-state index contributed by atoms with van der Waals surface area (Å²) < 4.78 is 53.9. The fourth-order valence-electron chi connectivity index (χ4n) is 1.60. The van der Waals surface area contributed by atoms with Crippen LogP contribution in [0.5, 0.6) is 5.88 Å². The Morgan fingerprint density at radius 3 is 2.61 bits per heavy atom. The van der Waals surface area contributed by atoms with Crippen LogP contribution in [-0.4, -0.2) is 49.0 Å². The van der Waals surface area contributed by atoms with E-state index in [-0.39, 0.29) is 23.4 Å². The number of nitrogens with zero attached hydrogens (tertiary/aromatic N) is 1. The number of carbonyl (C=O) groups is 1. The summed E-state index contributed by atoms with van der Waals surface area (Å²) in [4.78, 5) is 15.5. The highest BCUT2D eigenvalue weighted by Crippen LogP contribution is 2.23. The minimum Gasteiger partial charge on any atom is -0.471 e. The Balaban J connectivity index is 2.51. The molecule has 2 N–H and O–H groups in total. The van der Waals surface area contributed by atoms with Crippen LogP contribution in [0.3, 0.4) is 0 Å². The van der Waals surface area contributed by atoms with E-state index in [4.69, 9.17) is 0 Å². The molecule has 9 heteroatoms. The van der Waals surface area contributed by atoms with Crippen LogP contribution < -0.4 is 15.4 Å². The molecule has 1 aromatic rings. The van der Waals surface area contributed by atoms with E-state index in [1.54, 1.807) is 0 Å². The predicted molar refractivity (Wildman–Crippen MR) is 76.2 cm³/mol. The summed E-state index contributed by atoms with van der Waals surface area (Å²) in [6, 6.07) is 2.58. The van der Waals surface area contributed by atoms with Crippen LogP contribution in [-0.2, 0) is 0 Å². The minimum absolute atomic E-state index is 0.0936. The fourth-order valence-corrected chi connectivity index (χ4v) is 1.60. The van der Waals surface area contributed by atoms with Crippen molar-refractivity contribution in [3.8, 4) is 5.88 Å². The maximum atomic E-state index is 12.7. The van der Waals surface area contributed by atoms with E-state index in [9.17, 15) is 22.4 Å². The Morgan fingerprint density at radius 1 is 1.39 bits per heavy atom. The first-order valence-corrected chi connectivity index (χ1v) is 7.02. The van der Waals surface area contributed by atoms with E-state index in [0.29, 0.717) is 6.54 Å². The predicted octanol–water partition coefficient (Wildman–Crippen LogP) is 2.09. The van der Waals surface area contributed by atoms with Crippen molar-refractivity contribution in [1.82, 2.24) is 15.6 Å². The number of likely N-dealkylation sites (N-methyl/N-ethyl adjacent to an activating group) is 1. The van der Waals surface area contributed by atoms with Gasteiger partial charge in [0.2, 0.25) is 5.88 Å². The number of pyridine rings is 1. The Hall–Kier alpha value is -1.90. The molecule has 0 unspecified atom stereocenters. The number of hydrogen-bond acceptors (Lipinski definition) is 4. The van der Waals surface area contributed by atoms with E-state index < -0.39 is 19.0 Å². The smallest absolute Gasteiger partial charge is 0.340 e. The SMILES string of the molecule is CCN[C@H](C)CNC(=O)c1ccc(OCC(F)(F)C(F)F)nc1. The van der Waals surface area contributed by atoms with Gasteiger partial charge in [0.1, 0.15) is 0 Å². The summed E-state index contributed by atoms with van der Waals surface area (Å²) in [5.41, 5.74) is 0.210. The molecule has 0 spiro atoms. The zero-order chi connectivity index (χ0) is 17.5. The molecule has 0 radical (unpaired) electrons. The number of nitrogens with one attached hydrogen (secondary N) is 2. The molecule has 0 saturated heterocycles. The fraction of sp³-hybridized carbons (Fsp3) is 0.571. The molecule has 0 aliphatic rings. The van der Waals surface area contributed by atoms with Gasteiger partial charge in [-0.3, -0.25) is 4.79 Å². The third kappa shape index (κ3) is 6.39. The van der Waals surface area contributed by atoms with Crippen LogP contribution in [0.15, 0.2) is 18.3 Å². The average Bonchev–Trinajstić information content (AvgIpc) is 2.51. The Bertz CT molecular complexity index is 497. The van der Waals surface area contributed by atoms with Gasteiger partial charge in [-0.05, 0) is 19.5 Å². The molecule has 1 heterocycles. The van der Waals surface area contributed by atoms with Gasteiger partial charge in [0.15, 0.2) is 6.61 Å². The number of hydrogen-bond donors (Lipinski definition) is 2. The van der Waals surface area contributed by atoms with E-state index in [1.165, 1.54) is 12.1 Å². The first kappa shape index (κ1) is 19.1. The molecule has 0 saturated carbocycles. The van der Waals surface area contributed by atoms with Crippen molar-refractivity contribution >= 4 is 5.91 Å². The van der Waals surface area contributed by atoms with Crippen molar-refractivity contribution in [2.75, 3.05) is 19.7 Å². The van der Waals surface area contributed by atoms with E-state index in [2.05, 4.69) is 20.4 Å². The second-order valence-corrected chi connectivity index (χ2v) is 4.90. The van der Waals surface area contributed by atoms with Crippen molar-refractivity contribution in [3.63, 3.8) is 0 Å². The molecule has 1 atom stereocenters. The van der Waals surface area contributed by atoms with E-state index >= 15 is 0 Å². The number of ether oxygens (including phenoxy) is 1. The molecule has 130 valence electrons. The molecule has 1 rings (SSSR count). The second kappa shape index (κ2) is 8.66. The largest absolute Gasteiger partial charge is 0.471 e. The maximum Gasteiger partial charge on any atom is 0.340 e. The van der Waals surface area contributed by atoms with Crippen LogP contribution >= 0.6 is 0 Å². The lowest BCUT2D eigenvalue weighted by Gasteiger charge is -2.15. The first-order valence-electron chi connectivity index (χ1n) is 7.02. The van der Waals surface area contributed by atoms with E-state index in [1.807, 2.05) is 13.8 Å². The van der Waals surface area contributed by atoms with Gasteiger partial charge in [0.25, 0.3) is 5.91 Å². The van der Waals surface area contributed by atoms with Gasteiger partial charge >= 0.3 is 12.3 Å². The molecule has 1 aromatic heterocycles. The maximum absolute atomic E-state index is 12.7. The average molecular weight is 337 g/mol. The van der Waals surface area contributed by atoms with Crippen molar-refractivity contribution < 1.29 is 27.1 Å². The Kier molecular flexibility index (Phi) is 7.21. The number of amides is 1. The third-order valence-electron chi connectivity index (χ3n) is 2.85. The van der Waals surface area contributed by atoms with Gasteiger partial charge in [0, 0.05) is 24.8 Å². The summed E-state index contributed by atoms with van der Waals surface area (Å²) in [6.07, 6.45) is -2.69. The topological polar surface area (TPSA) is 63.2 Å². The molecule has 0 aliphatic heterocycles. The van der Waals surface area contributed by atoms with Gasteiger partial charge < -0.3 is 15.4 Å². The van der Waals surface area contributed by atoms with Crippen LogP contribution in [0.1, 0.15) is 24.2 Å². The Labute approximate surface area is 131 Å². The van der Waals surface area contributed by atoms with Crippen LogP contribution in [0.25, 0.3) is 0 Å². The number of rotatable bonds is 9. The minimum atomic E-state index is -4.25. The Morgan fingerprint density at radius 2 is 2.09 bits per heavy atom. The summed E-state index contributed by atoms with van der Waals surface area (Å²) in [5, 5.41) is 5.79. The highest BCUT2D eigenvalue weighted by Gasteiger charge is 2.41. The van der Waals surface area contributed by atoms with Crippen LogP contribution in [0, 0.1) is 0 Å². The molecule has 1 amide bonds. The van der Waals surface area contributed by atoms with Crippen LogP contribution in [0.4, 0.5) is 17.6 Å². The molecule has 0 aliphatic carbocycles. The lowest BCUT2D eigenvalue weighted by atomic mass is 10.2. The first-order chi connectivity index (χ1) is 10.8. The van der Waals surface area contributed by atoms with Crippen molar-refractivity contribution in [3.05, 3.63) is 23.9 Å². The molecular weight excluding hydrogens is 318 g/mol. The lowest BCUT2D eigenvalue weighted by Crippen LogP contribution is -2.38. The molecular formula is C14H19F4N3O2. The summed E-state index contributed by atoms with van der Waals surface area (Å²) in [5.74, 6) is -4.89.